The van der Waals surface area contributed by atoms with Crippen LogP contribution in [0.2, 0.25) is 0 Å². The van der Waals surface area contributed by atoms with Crippen LogP contribution in [-0.4, -0.2) is 0 Å². The fraction of sp³-hybridized carbons (Fsp3) is 0.538. The van der Waals surface area contributed by atoms with Gasteiger partial charge in [-0.1, -0.05) is 43.6 Å². The van der Waals surface area contributed by atoms with Crippen LogP contribution in [0, 0.1) is 5.92 Å². The van der Waals surface area contributed by atoms with Gasteiger partial charge in [-0.25, -0.2) is 0 Å². The minimum atomic E-state index is 0.856. The zero-order valence-electron chi connectivity index (χ0n) is 8.42. The van der Waals surface area contributed by atoms with E-state index in [-0.39, 0.29) is 0 Å². The largest absolute Gasteiger partial charge is 0.0739 e. The third kappa shape index (κ3) is 2.12. The van der Waals surface area contributed by atoms with Gasteiger partial charge in [0.2, 0.25) is 0 Å². The molecule has 0 aromatic rings. The molecule has 0 aromatic heterocycles. The standard InChI is InChI=1S/C13H18/c1-11-6-5-9-13(11)10-12-7-3-2-4-8-12/h5-6,9-10,12H,2-4,7-8H2,1H3. The van der Waals surface area contributed by atoms with E-state index in [1.54, 1.807) is 0 Å². The van der Waals surface area contributed by atoms with Crippen LogP contribution in [0.4, 0.5) is 0 Å². The monoisotopic (exact) mass is 174 g/mol. The summed E-state index contributed by atoms with van der Waals surface area (Å²) < 4.78 is 0. The number of allylic oxidation sites excluding steroid dienone is 6. The second-order valence-corrected chi connectivity index (χ2v) is 4.23. The summed E-state index contributed by atoms with van der Waals surface area (Å²) >= 11 is 0. The molecular weight excluding hydrogens is 156 g/mol. The molecule has 0 aliphatic heterocycles. The number of hydrogen-bond donors (Lipinski definition) is 0. The first kappa shape index (κ1) is 8.80. The van der Waals surface area contributed by atoms with Gasteiger partial charge in [0.15, 0.2) is 0 Å². The van der Waals surface area contributed by atoms with E-state index < -0.39 is 0 Å². The molecule has 1 fully saturated rings. The van der Waals surface area contributed by atoms with E-state index in [0.717, 1.165) is 5.92 Å². The van der Waals surface area contributed by atoms with Gasteiger partial charge in [0.05, 0.1) is 0 Å². The summed E-state index contributed by atoms with van der Waals surface area (Å²) in [6.07, 6.45) is 16.2. The third-order valence-corrected chi connectivity index (χ3v) is 3.14. The number of hydrogen-bond acceptors (Lipinski definition) is 0. The average Bonchev–Trinajstić information content (AvgIpc) is 2.54. The molecule has 0 bridgehead atoms. The highest BCUT2D eigenvalue weighted by Crippen LogP contribution is 2.28. The van der Waals surface area contributed by atoms with Crippen LogP contribution in [-0.2, 0) is 0 Å². The van der Waals surface area contributed by atoms with E-state index in [4.69, 9.17) is 0 Å². The molecule has 2 aliphatic carbocycles. The minimum absolute atomic E-state index is 0.856. The Labute approximate surface area is 81.0 Å². The molecule has 0 atom stereocenters. The van der Waals surface area contributed by atoms with Gasteiger partial charge in [0, 0.05) is 0 Å². The van der Waals surface area contributed by atoms with Gasteiger partial charge in [-0.2, -0.15) is 0 Å². The van der Waals surface area contributed by atoms with Crippen LogP contribution < -0.4 is 0 Å². The lowest BCUT2D eigenvalue weighted by Crippen LogP contribution is -2.03. The Morgan fingerprint density at radius 2 is 2.00 bits per heavy atom. The Kier molecular flexibility index (Phi) is 2.68. The summed E-state index contributed by atoms with van der Waals surface area (Å²) in [5.41, 5.74) is 2.90. The Hall–Kier alpha value is -0.780. The van der Waals surface area contributed by atoms with Crippen LogP contribution in [0.5, 0.6) is 0 Å². The van der Waals surface area contributed by atoms with E-state index in [2.05, 4.69) is 31.2 Å². The fourth-order valence-electron chi connectivity index (χ4n) is 2.27. The van der Waals surface area contributed by atoms with Crippen molar-refractivity contribution in [1.29, 1.82) is 0 Å². The maximum absolute atomic E-state index is 2.48. The van der Waals surface area contributed by atoms with Crippen molar-refractivity contribution in [3.63, 3.8) is 0 Å². The first-order valence-corrected chi connectivity index (χ1v) is 5.43. The van der Waals surface area contributed by atoms with E-state index in [0.29, 0.717) is 0 Å². The predicted octanol–water partition coefficient (Wildman–Crippen LogP) is 4.01. The highest BCUT2D eigenvalue weighted by Gasteiger charge is 2.12. The second-order valence-electron chi connectivity index (χ2n) is 4.23. The van der Waals surface area contributed by atoms with Crippen LogP contribution in [0.1, 0.15) is 39.0 Å². The maximum Gasteiger partial charge on any atom is -0.0224 e. The molecule has 0 aromatic carbocycles. The van der Waals surface area contributed by atoms with Gasteiger partial charge in [-0.05, 0) is 36.8 Å². The molecule has 2 aliphatic rings. The molecule has 0 amide bonds. The van der Waals surface area contributed by atoms with E-state index >= 15 is 0 Å². The molecule has 0 N–H and O–H groups in total. The Balaban J connectivity index is 2.02. The lowest BCUT2D eigenvalue weighted by molar-refractivity contribution is 0.418. The highest BCUT2D eigenvalue weighted by molar-refractivity contribution is 5.47. The fourth-order valence-corrected chi connectivity index (χ4v) is 2.27. The van der Waals surface area contributed by atoms with Gasteiger partial charge in [0.1, 0.15) is 0 Å². The summed E-state index contributed by atoms with van der Waals surface area (Å²) in [5.74, 6) is 0.856. The van der Waals surface area contributed by atoms with Crippen molar-refractivity contribution in [3.8, 4) is 0 Å². The van der Waals surface area contributed by atoms with Crippen molar-refractivity contribution in [2.45, 2.75) is 39.0 Å². The summed E-state index contributed by atoms with van der Waals surface area (Å²) in [4.78, 5) is 0. The molecule has 0 spiro atoms. The Morgan fingerprint density at radius 3 is 2.62 bits per heavy atom. The molecule has 0 heteroatoms. The SMILES string of the molecule is CC1=CC=CC1=CC1CCCCC1. The predicted molar refractivity (Wildman–Crippen MR) is 57.6 cm³/mol. The van der Waals surface area contributed by atoms with Crippen LogP contribution in [0.15, 0.2) is 35.5 Å². The summed E-state index contributed by atoms with van der Waals surface area (Å²) in [6, 6.07) is 0. The molecule has 0 nitrogen and oxygen atoms in total. The zero-order chi connectivity index (χ0) is 9.10. The van der Waals surface area contributed by atoms with Crippen molar-refractivity contribution in [3.05, 3.63) is 35.5 Å². The van der Waals surface area contributed by atoms with Crippen LogP contribution >= 0.6 is 0 Å². The molecule has 70 valence electrons. The summed E-state index contributed by atoms with van der Waals surface area (Å²) in [7, 11) is 0. The van der Waals surface area contributed by atoms with Gasteiger partial charge < -0.3 is 0 Å². The van der Waals surface area contributed by atoms with Crippen LogP contribution in [0.3, 0.4) is 0 Å². The second kappa shape index (κ2) is 3.95. The van der Waals surface area contributed by atoms with Crippen molar-refractivity contribution in [2.75, 3.05) is 0 Å². The molecule has 0 radical (unpaired) electrons. The Bertz CT molecular complexity index is 260. The van der Waals surface area contributed by atoms with E-state index in [1.807, 2.05) is 0 Å². The lowest BCUT2D eigenvalue weighted by atomic mass is 9.87. The average molecular weight is 174 g/mol. The smallest absolute Gasteiger partial charge is 0.0224 e. The molecule has 0 heterocycles. The highest BCUT2D eigenvalue weighted by atomic mass is 14.2. The maximum atomic E-state index is 2.48. The molecule has 0 unspecified atom stereocenters. The van der Waals surface area contributed by atoms with E-state index in [9.17, 15) is 0 Å². The van der Waals surface area contributed by atoms with Gasteiger partial charge in [-0.3, -0.25) is 0 Å². The number of rotatable bonds is 1. The lowest BCUT2D eigenvalue weighted by Gasteiger charge is -2.18. The first-order valence-electron chi connectivity index (χ1n) is 5.43. The molecular formula is C13H18. The van der Waals surface area contributed by atoms with Gasteiger partial charge in [-0.15, -0.1) is 0 Å². The van der Waals surface area contributed by atoms with Crippen molar-refractivity contribution in [2.24, 2.45) is 5.92 Å². The molecule has 13 heavy (non-hydrogen) atoms. The first-order chi connectivity index (χ1) is 6.36. The van der Waals surface area contributed by atoms with Crippen LogP contribution in [0.25, 0.3) is 0 Å². The minimum Gasteiger partial charge on any atom is -0.0739 e. The zero-order valence-corrected chi connectivity index (χ0v) is 8.42. The normalized spacial score (nSPS) is 26.8. The van der Waals surface area contributed by atoms with Gasteiger partial charge in [0.25, 0.3) is 0 Å². The quantitative estimate of drug-likeness (QED) is 0.563. The molecule has 1 saturated carbocycles. The van der Waals surface area contributed by atoms with Crippen molar-refractivity contribution < 1.29 is 0 Å². The summed E-state index contributed by atoms with van der Waals surface area (Å²) in [5, 5.41) is 0. The molecule has 0 saturated heterocycles. The summed E-state index contributed by atoms with van der Waals surface area (Å²) in [6.45, 7) is 2.20. The topological polar surface area (TPSA) is 0 Å². The van der Waals surface area contributed by atoms with Gasteiger partial charge >= 0.3 is 0 Å². The Morgan fingerprint density at radius 1 is 1.23 bits per heavy atom. The van der Waals surface area contributed by atoms with E-state index in [1.165, 1.54) is 43.3 Å². The third-order valence-electron chi connectivity index (χ3n) is 3.14. The molecule has 2 rings (SSSR count). The van der Waals surface area contributed by atoms with Crippen molar-refractivity contribution in [1.82, 2.24) is 0 Å². The van der Waals surface area contributed by atoms with Crippen molar-refractivity contribution >= 4 is 0 Å².